The monoisotopic (exact) mass is 299 g/mol. The number of piperidine rings is 1. The number of amides is 1. The lowest BCUT2D eigenvalue weighted by atomic mass is 9.90. The van der Waals surface area contributed by atoms with Crippen LogP contribution in [0.1, 0.15) is 33.6 Å². The van der Waals surface area contributed by atoms with Gasteiger partial charge in [-0.1, -0.05) is 20.8 Å². The smallest absolute Gasteiger partial charge is 0.305 e. The molecule has 21 heavy (non-hydrogen) atoms. The molecule has 0 aromatic rings. The summed E-state index contributed by atoms with van der Waals surface area (Å²) in [5.74, 6) is -0.332. The van der Waals surface area contributed by atoms with E-state index in [0.29, 0.717) is 13.0 Å². The second kappa shape index (κ2) is 7.75. The van der Waals surface area contributed by atoms with E-state index in [-0.39, 0.29) is 35.8 Å². The molecule has 1 aliphatic heterocycles. The third-order valence-corrected chi connectivity index (χ3v) is 3.60. The fourth-order valence-electron chi connectivity index (χ4n) is 2.72. The highest BCUT2D eigenvalue weighted by Gasteiger charge is 2.30. The van der Waals surface area contributed by atoms with Crippen molar-refractivity contribution in [1.82, 2.24) is 10.2 Å². The van der Waals surface area contributed by atoms with Crippen molar-refractivity contribution in [2.75, 3.05) is 33.3 Å². The van der Waals surface area contributed by atoms with Crippen LogP contribution in [0.3, 0.4) is 0 Å². The van der Waals surface area contributed by atoms with Crippen LogP contribution < -0.4 is 11.1 Å². The number of primary amides is 1. The fourth-order valence-corrected chi connectivity index (χ4v) is 2.72. The lowest BCUT2D eigenvalue weighted by Gasteiger charge is -2.38. The summed E-state index contributed by atoms with van der Waals surface area (Å²) in [6, 6.07) is 0.270. The maximum atomic E-state index is 11.5. The fraction of sp³-hybridized carbons (Fsp3) is 0.867. The highest BCUT2D eigenvalue weighted by atomic mass is 16.5. The summed E-state index contributed by atoms with van der Waals surface area (Å²) in [7, 11) is 1.40. The molecule has 0 aliphatic carbocycles. The lowest BCUT2D eigenvalue weighted by Crippen LogP contribution is -2.52. The van der Waals surface area contributed by atoms with E-state index in [0.717, 1.165) is 19.5 Å². The van der Waals surface area contributed by atoms with Crippen LogP contribution >= 0.6 is 0 Å². The average Bonchev–Trinajstić information content (AvgIpc) is 2.34. The number of hydrogen-bond acceptors (Lipinski definition) is 5. The number of ether oxygens (including phenoxy) is 1. The third-order valence-electron chi connectivity index (χ3n) is 3.60. The topological polar surface area (TPSA) is 84.7 Å². The molecule has 1 saturated heterocycles. The van der Waals surface area contributed by atoms with Crippen molar-refractivity contribution < 1.29 is 14.3 Å². The van der Waals surface area contributed by atoms with Crippen molar-refractivity contribution in [2.45, 2.75) is 39.7 Å². The zero-order valence-electron chi connectivity index (χ0n) is 13.6. The summed E-state index contributed by atoms with van der Waals surface area (Å²) in [5.41, 5.74) is 5.49. The second-order valence-corrected chi connectivity index (χ2v) is 7.18. The van der Waals surface area contributed by atoms with E-state index in [9.17, 15) is 9.59 Å². The van der Waals surface area contributed by atoms with Gasteiger partial charge in [-0.3, -0.25) is 14.5 Å². The van der Waals surface area contributed by atoms with Gasteiger partial charge in [0.15, 0.2) is 0 Å². The molecular formula is C15H29N3O3. The Morgan fingerprint density at radius 2 is 2.00 bits per heavy atom. The minimum atomic E-state index is -0.330. The van der Waals surface area contributed by atoms with Crippen molar-refractivity contribution in [2.24, 2.45) is 17.1 Å². The summed E-state index contributed by atoms with van der Waals surface area (Å²) in [6.07, 6.45) is 1.31. The molecule has 6 heteroatoms. The molecule has 1 amide bonds. The molecule has 1 aliphatic rings. The average molecular weight is 299 g/mol. The molecular weight excluding hydrogens is 270 g/mol. The Hall–Kier alpha value is -1.14. The Kier molecular flexibility index (Phi) is 6.61. The zero-order valence-corrected chi connectivity index (χ0v) is 13.6. The van der Waals surface area contributed by atoms with Gasteiger partial charge in [0.2, 0.25) is 5.91 Å². The molecule has 0 saturated carbocycles. The molecule has 0 bridgehead atoms. The largest absolute Gasteiger partial charge is 0.469 e. The Morgan fingerprint density at radius 3 is 2.52 bits per heavy atom. The molecule has 0 aromatic heterocycles. The Morgan fingerprint density at radius 1 is 1.33 bits per heavy atom. The number of nitrogens with two attached hydrogens (primary N) is 1. The second-order valence-electron chi connectivity index (χ2n) is 7.18. The van der Waals surface area contributed by atoms with Gasteiger partial charge in [0.05, 0.1) is 13.7 Å². The minimum Gasteiger partial charge on any atom is -0.469 e. The van der Waals surface area contributed by atoms with Crippen LogP contribution in [0.4, 0.5) is 0 Å². The van der Waals surface area contributed by atoms with E-state index >= 15 is 0 Å². The van der Waals surface area contributed by atoms with Gasteiger partial charge < -0.3 is 15.8 Å². The van der Waals surface area contributed by atoms with Crippen LogP contribution in [-0.2, 0) is 14.3 Å². The van der Waals surface area contributed by atoms with E-state index < -0.39 is 0 Å². The van der Waals surface area contributed by atoms with Crippen molar-refractivity contribution in [3.05, 3.63) is 0 Å². The summed E-state index contributed by atoms with van der Waals surface area (Å²) >= 11 is 0. The molecule has 122 valence electrons. The molecule has 6 nitrogen and oxygen atoms in total. The lowest BCUT2D eigenvalue weighted by molar-refractivity contribution is -0.142. The normalized spacial score (nSPS) is 23.8. The van der Waals surface area contributed by atoms with Gasteiger partial charge in [0.25, 0.3) is 0 Å². The number of carbonyl (C=O) groups is 2. The number of carbonyl (C=O) groups excluding carboxylic acids is 2. The first-order valence-electron chi connectivity index (χ1n) is 7.50. The van der Waals surface area contributed by atoms with Crippen molar-refractivity contribution in [3.63, 3.8) is 0 Å². The van der Waals surface area contributed by atoms with Gasteiger partial charge in [0.1, 0.15) is 0 Å². The quantitative estimate of drug-likeness (QED) is 0.692. The number of rotatable bonds is 6. The van der Waals surface area contributed by atoms with Gasteiger partial charge in [-0.2, -0.15) is 0 Å². The molecule has 3 N–H and O–H groups in total. The van der Waals surface area contributed by atoms with E-state index in [1.54, 1.807) is 0 Å². The van der Waals surface area contributed by atoms with Crippen LogP contribution in [0.25, 0.3) is 0 Å². The number of nitrogens with one attached hydrogen (secondary N) is 1. The minimum absolute atomic E-state index is 0.197. The molecule has 2 atom stereocenters. The molecule has 0 aromatic carbocycles. The molecule has 1 fully saturated rings. The predicted octanol–water partition coefficient (Wildman–Crippen LogP) is 0.361. The zero-order chi connectivity index (χ0) is 16.0. The highest BCUT2D eigenvalue weighted by Crippen LogP contribution is 2.21. The van der Waals surface area contributed by atoms with Crippen LogP contribution in [0.2, 0.25) is 0 Å². The van der Waals surface area contributed by atoms with Crippen molar-refractivity contribution >= 4 is 11.9 Å². The Bertz CT molecular complexity index is 366. The van der Waals surface area contributed by atoms with E-state index in [1.165, 1.54) is 7.11 Å². The number of methoxy groups -OCH3 is 1. The number of likely N-dealkylation sites (tertiary alicyclic amines) is 1. The highest BCUT2D eigenvalue weighted by molar-refractivity contribution is 5.76. The maximum Gasteiger partial charge on any atom is 0.305 e. The van der Waals surface area contributed by atoms with Crippen LogP contribution in [-0.4, -0.2) is 56.1 Å². The molecule has 1 heterocycles. The predicted molar refractivity (Wildman–Crippen MR) is 81.6 cm³/mol. The van der Waals surface area contributed by atoms with Crippen molar-refractivity contribution in [1.29, 1.82) is 0 Å². The molecule has 0 radical (unpaired) electrons. The van der Waals surface area contributed by atoms with Crippen LogP contribution in [0.15, 0.2) is 0 Å². The van der Waals surface area contributed by atoms with E-state index in [1.807, 2.05) is 4.90 Å². The van der Waals surface area contributed by atoms with Crippen molar-refractivity contribution in [3.8, 4) is 0 Å². The Balaban J connectivity index is 2.60. The van der Waals surface area contributed by atoms with Gasteiger partial charge in [0, 0.05) is 32.1 Å². The molecule has 1 rings (SSSR count). The van der Waals surface area contributed by atoms with Gasteiger partial charge >= 0.3 is 5.97 Å². The van der Waals surface area contributed by atoms with Gasteiger partial charge in [-0.15, -0.1) is 0 Å². The van der Waals surface area contributed by atoms with Crippen LogP contribution in [0, 0.1) is 11.3 Å². The number of nitrogens with zero attached hydrogens (tertiary/aromatic N) is 1. The first-order chi connectivity index (χ1) is 9.69. The first-order valence-corrected chi connectivity index (χ1v) is 7.50. The summed E-state index contributed by atoms with van der Waals surface area (Å²) in [4.78, 5) is 24.7. The van der Waals surface area contributed by atoms with Gasteiger partial charge in [-0.25, -0.2) is 0 Å². The van der Waals surface area contributed by atoms with E-state index in [4.69, 9.17) is 10.5 Å². The standard InChI is InChI=1S/C15H29N3O3/c1-15(2,3)10-17-12-5-11(6-14(20)21-4)7-18(8-12)9-13(16)19/h11-12,17H,5-10H2,1-4H3,(H2,16,19). The Labute approximate surface area is 127 Å². The van der Waals surface area contributed by atoms with Gasteiger partial charge in [-0.05, 0) is 17.8 Å². The SMILES string of the molecule is COC(=O)CC1CC(NCC(C)(C)C)CN(CC(N)=O)C1. The number of esters is 1. The number of hydrogen-bond donors (Lipinski definition) is 2. The first kappa shape index (κ1) is 17.9. The molecule has 0 spiro atoms. The summed E-state index contributed by atoms with van der Waals surface area (Å²) < 4.78 is 4.75. The summed E-state index contributed by atoms with van der Waals surface area (Å²) in [6.45, 7) is 9.17. The van der Waals surface area contributed by atoms with Crippen LogP contribution in [0.5, 0.6) is 0 Å². The summed E-state index contributed by atoms with van der Waals surface area (Å²) in [5, 5.41) is 3.54. The van der Waals surface area contributed by atoms with E-state index in [2.05, 4.69) is 26.1 Å². The molecule has 2 unspecified atom stereocenters. The maximum absolute atomic E-state index is 11.5. The third kappa shape index (κ3) is 7.43.